The van der Waals surface area contributed by atoms with Crippen LogP contribution in [-0.2, 0) is 5.60 Å². The van der Waals surface area contributed by atoms with Crippen molar-refractivity contribution in [3.8, 4) is 0 Å². The van der Waals surface area contributed by atoms with Gasteiger partial charge in [0.1, 0.15) is 5.60 Å². The van der Waals surface area contributed by atoms with Gasteiger partial charge in [0, 0.05) is 0 Å². The maximum atomic E-state index is 10.3. The zero-order valence-corrected chi connectivity index (χ0v) is 9.14. The molecule has 0 bridgehead atoms. The lowest BCUT2D eigenvalue weighted by Gasteiger charge is -2.29. The lowest BCUT2D eigenvalue weighted by Crippen LogP contribution is -2.27. The Morgan fingerprint density at radius 2 is 2.14 bits per heavy atom. The Balaban J connectivity index is 2.19. The average Bonchev–Trinajstić information content (AvgIpc) is 2.67. The average molecular weight is 213 g/mol. The quantitative estimate of drug-likeness (QED) is 0.767. The van der Waals surface area contributed by atoms with Gasteiger partial charge in [0.2, 0.25) is 0 Å². The normalized spacial score (nSPS) is 21.0. The Morgan fingerprint density at radius 3 is 2.71 bits per heavy atom. The van der Waals surface area contributed by atoms with E-state index in [-0.39, 0.29) is 0 Å². The molecule has 0 amide bonds. The summed E-state index contributed by atoms with van der Waals surface area (Å²) in [6.45, 7) is 0. The molecule has 1 aliphatic carbocycles. The van der Waals surface area contributed by atoms with Gasteiger partial charge in [-0.15, -0.1) is 0 Å². The van der Waals surface area contributed by atoms with Gasteiger partial charge in [0.25, 0.3) is 5.22 Å². The highest BCUT2D eigenvalue weighted by molar-refractivity contribution is 7.98. The number of aromatic nitrogens is 1. The molecular weight excluding hydrogens is 198 g/mol. The predicted octanol–water partition coefficient (Wildman–Crippen LogP) is 2.55. The van der Waals surface area contributed by atoms with E-state index in [1.165, 1.54) is 18.2 Å². The molecule has 0 unspecified atom stereocenters. The molecule has 2 rings (SSSR count). The van der Waals surface area contributed by atoms with Crippen LogP contribution < -0.4 is 0 Å². The zero-order valence-electron chi connectivity index (χ0n) is 8.32. The summed E-state index contributed by atoms with van der Waals surface area (Å²) < 4.78 is 5.48. The van der Waals surface area contributed by atoms with E-state index in [1.807, 2.05) is 6.26 Å². The van der Waals surface area contributed by atoms with Crippen molar-refractivity contribution in [2.75, 3.05) is 6.26 Å². The van der Waals surface area contributed by atoms with Crippen molar-refractivity contribution in [3.05, 3.63) is 12.0 Å². The maximum Gasteiger partial charge on any atom is 0.255 e. The van der Waals surface area contributed by atoms with Crippen molar-refractivity contribution >= 4 is 11.8 Å². The van der Waals surface area contributed by atoms with Crippen molar-refractivity contribution < 1.29 is 9.52 Å². The number of aliphatic hydroxyl groups is 1. The van der Waals surface area contributed by atoms with Crippen LogP contribution in [0.25, 0.3) is 0 Å². The van der Waals surface area contributed by atoms with E-state index in [4.69, 9.17) is 4.42 Å². The molecule has 0 aliphatic heterocycles. The topological polar surface area (TPSA) is 46.3 Å². The fourth-order valence-electron chi connectivity index (χ4n) is 1.95. The molecule has 0 saturated heterocycles. The molecule has 4 heteroatoms. The van der Waals surface area contributed by atoms with Crippen LogP contribution in [0.3, 0.4) is 0 Å². The van der Waals surface area contributed by atoms with E-state index in [1.54, 1.807) is 6.20 Å². The first kappa shape index (κ1) is 10.1. The smallest absolute Gasteiger partial charge is 0.255 e. The minimum atomic E-state index is -0.751. The summed E-state index contributed by atoms with van der Waals surface area (Å²) >= 11 is 1.46. The monoisotopic (exact) mass is 213 g/mol. The molecule has 1 saturated carbocycles. The van der Waals surface area contributed by atoms with Gasteiger partial charge in [-0.2, -0.15) is 0 Å². The molecule has 1 aromatic rings. The molecule has 1 fully saturated rings. The summed E-state index contributed by atoms with van der Waals surface area (Å²) in [6.07, 6.45) is 8.55. The highest BCUT2D eigenvalue weighted by Gasteiger charge is 2.34. The second-order valence-electron chi connectivity index (χ2n) is 3.79. The third-order valence-electron chi connectivity index (χ3n) is 2.80. The standard InChI is InChI=1S/C10H15NO2S/c1-14-9-11-7-8(13-9)10(12)5-3-2-4-6-10/h7,12H,2-6H2,1H3. The molecule has 0 spiro atoms. The Hall–Kier alpha value is -0.480. The summed E-state index contributed by atoms with van der Waals surface area (Å²) in [4.78, 5) is 4.09. The van der Waals surface area contributed by atoms with Crippen molar-refractivity contribution in [3.63, 3.8) is 0 Å². The van der Waals surface area contributed by atoms with Crippen LogP contribution >= 0.6 is 11.8 Å². The first-order chi connectivity index (χ1) is 6.74. The lowest BCUT2D eigenvalue weighted by atomic mass is 9.83. The molecule has 1 heterocycles. The van der Waals surface area contributed by atoms with Crippen molar-refractivity contribution in [1.82, 2.24) is 4.98 Å². The Bertz CT molecular complexity index is 305. The summed E-state index contributed by atoms with van der Waals surface area (Å²) in [6, 6.07) is 0. The number of hydrogen-bond donors (Lipinski definition) is 1. The second-order valence-corrected chi connectivity index (χ2v) is 4.54. The van der Waals surface area contributed by atoms with Gasteiger partial charge in [0.05, 0.1) is 6.20 Å². The van der Waals surface area contributed by atoms with E-state index in [0.29, 0.717) is 11.0 Å². The number of oxazole rings is 1. The summed E-state index contributed by atoms with van der Waals surface area (Å²) in [7, 11) is 0. The van der Waals surface area contributed by atoms with Gasteiger partial charge in [-0.3, -0.25) is 0 Å². The highest BCUT2D eigenvalue weighted by atomic mass is 32.2. The van der Waals surface area contributed by atoms with Crippen LogP contribution in [0, 0.1) is 0 Å². The van der Waals surface area contributed by atoms with E-state index >= 15 is 0 Å². The van der Waals surface area contributed by atoms with Crippen LogP contribution in [0.15, 0.2) is 15.8 Å². The first-order valence-electron chi connectivity index (χ1n) is 4.97. The number of thioether (sulfide) groups is 1. The third-order valence-corrected chi connectivity index (χ3v) is 3.34. The van der Waals surface area contributed by atoms with Crippen molar-refractivity contribution in [2.45, 2.75) is 42.9 Å². The first-order valence-corrected chi connectivity index (χ1v) is 6.20. The van der Waals surface area contributed by atoms with Crippen molar-refractivity contribution in [1.29, 1.82) is 0 Å². The van der Waals surface area contributed by atoms with E-state index < -0.39 is 5.60 Å². The molecule has 0 radical (unpaired) electrons. The molecule has 1 aliphatic rings. The van der Waals surface area contributed by atoms with Crippen LogP contribution in [0.2, 0.25) is 0 Å². The van der Waals surface area contributed by atoms with Gasteiger partial charge in [-0.25, -0.2) is 4.98 Å². The number of nitrogens with zero attached hydrogens (tertiary/aromatic N) is 1. The lowest BCUT2D eigenvalue weighted by molar-refractivity contribution is -0.0223. The Morgan fingerprint density at radius 1 is 1.43 bits per heavy atom. The molecule has 14 heavy (non-hydrogen) atoms. The van der Waals surface area contributed by atoms with Gasteiger partial charge in [-0.05, 0) is 19.1 Å². The highest BCUT2D eigenvalue weighted by Crippen LogP contribution is 2.37. The molecule has 0 aromatic carbocycles. The number of hydrogen-bond acceptors (Lipinski definition) is 4. The maximum absolute atomic E-state index is 10.3. The fourth-order valence-corrected chi connectivity index (χ4v) is 2.28. The molecule has 1 N–H and O–H groups in total. The molecule has 78 valence electrons. The van der Waals surface area contributed by atoms with Crippen LogP contribution in [0.5, 0.6) is 0 Å². The van der Waals surface area contributed by atoms with Crippen LogP contribution in [-0.4, -0.2) is 16.3 Å². The molecular formula is C10H15NO2S. The van der Waals surface area contributed by atoms with E-state index in [0.717, 1.165) is 25.7 Å². The Kier molecular flexibility index (Phi) is 2.83. The zero-order chi connectivity index (χ0) is 10.0. The predicted molar refractivity (Wildman–Crippen MR) is 55.3 cm³/mol. The largest absolute Gasteiger partial charge is 0.433 e. The van der Waals surface area contributed by atoms with Crippen LogP contribution in [0.4, 0.5) is 0 Å². The second kappa shape index (κ2) is 3.95. The van der Waals surface area contributed by atoms with E-state index in [9.17, 15) is 5.11 Å². The summed E-state index contributed by atoms with van der Waals surface area (Å²) in [5, 5.41) is 10.9. The number of rotatable bonds is 2. The summed E-state index contributed by atoms with van der Waals surface area (Å²) in [5.74, 6) is 0.640. The molecule has 3 nitrogen and oxygen atoms in total. The van der Waals surface area contributed by atoms with Gasteiger partial charge in [-0.1, -0.05) is 31.0 Å². The third kappa shape index (κ3) is 1.81. The van der Waals surface area contributed by atoms with Crippen molar-refractivity contribution in [2.24, 2.45) is 0 Å². The Labute approximate surface area is 87.9 Å². The van der Waals surface area contributed by atoms with Crippen LogP contribution in [0.1, 0.15) is 37.9 Å². The fraction of sp³-hybridized carbons (Fsp3) is 0.700. The minimum Gasteiger partial charge on any atom is -0.433 e. The van der Waals surface area contributed by atoms with Gasteiger partial charge < -0.3 is 9.52 Å². The van der Waals surface area contributed by atoms with Gasteiger partial charge in [0.15, 0.2) is 5.76 Å². The minimum absolute atomic E-state index is 0.638. The van der Waals surface area contributed by atoms with E-state index in [2.05, 4.69) is 4.98 Å². The summed E-state index contributed by atoms with van der Waals surface area (Å²) in [5.41, 5.74) is -0.751. The van der Waals surface area contributed by atoms with Gasteiger partial charge >= 0.3 is 0 Å². The molecule has 0 atom stereocenters. The SMILES string of the molecule is CSc1ncc(C2(O)CCCCC2)o1. The molecule has 1 aromatic heterocycles.